The molecule has 0 heterocycles. The van der Waals surface area contributed by atoms with Crippen molar-refractivity contribution in [2.75, 3.05) is 0 Å². The highest BCUT2D eigenvalue weighted by Crippen LogP contribution is 1.89. The first-order valence-electron chi connectivity index (χ1n) is 2.49. The highest BCUT2D eigenvalue weighted by Gasteiger charge is 1.95. The van der Waals surface area contributed by atoms with E-state index in [2.05, 4.69) is 0 Å². The van der Waals surface area contributed by atoms with Crippen molar-refractivity contribution in [2.45, 2.75) is 33.1 Å². The zero-order chi connectivity index (χ0) is 5.86. The summed E-state index contributed by atoms with van der Waals surface area (Å²) in [5.41, 5.74) is 6.89. The van der Waals surface area contributed by atoms with Gasteiger partial charge in [0.25, 0.3) is 0 Å². The van der Waals surface area contributed by atoms with E-state index in [-0.39, 0.29) is 12.3 Å². The van der Waals surface area contributed by atoms with Gasteiger partial charge >= 0.3 is 0 Å². The Hall–Kier alpha value is -0.0800. The van der Waals surface area contributed by atoms with E-state index >= 15 is 0 Å². The molecule has 0 aliphatic heterocycles. The summed E-state index contributed by atoms with van der Waals surface area (Å²) in [6.45, 7) is 5.55. The van der Waals surface area contributed by atoms with Crippen LogP contribution in [0, 0.1) is 0 Å². The zero-order valence-corrected chi connectivity index (χ0v) is 5.06. The van der Waals surface area contributed by atoms with E-state index in [0.29, 0.717) is 0 Å². The topological polar surface area (TPSA) is 33.0 Å². The normalized spacial score (nSPS) is 15.0. The minimum Gasteiger partial charge on any atom is -0.360 e. The molecular formula is C5H12NO. The van der Waals surface area contributed by atoms with Crippen molar-refractivity contribution < 1.29 is 4.74 Å². The van der Waals surface area contributed by atoms with Gasteiger partial charge in [0.15, 0.2) is 0 Å². The zero-order valence-electron chi connectivity index (χ0n) is 5.06. The van der Waals surface area contributed by atoms with Crippen LogP contribution in [0.25, 0.3) is 0 Å². The van der Waals surface area contributed by atoms with Crippen LogP contribution in [0.2, 0.25) is 0 Å². The third-order valence-electron chi connectivity index (χ3n) is 0.476. The molecular weight excluding hydrogens is 90.1 g/mol. The fourth-order valence-corrected chi connectivity index (χ4v) is 0.408. The molecule has 1 unspecified atom stereocenters. The molecule has 0 aliphatic carbocycles. The van der Waals surface area contributed by atoms with E-state index in [0.717, 1.165) is 0 Å². The molecule has 0 saturated carbocycles. The monoisotopic (exact) mass is 102 g/mol. The van der Waals surface area contributed by atoms with Gasteiger partial charge in [-0.15, -0.1) is 0 Å². The largest absolute Gasteiger partial charge is 0.360 e. The molecule has 0 bridgehead atoms. The fraction of sp³-hybridized carbons (Fsp3) is 1.00. The number of nitrogens with one attached hydrogen (secondary N) is 1. The van der Waals surface area contributed by atoms with E-state index < -0.39 is 0 Å². The van der Waals surface area contributed by atoms with Crippen LogP contribution in [0.4, 0.5) is 0 Å². The fourth-order valence-electron chi connectivity index (χ4n) is 0.408. The van der Waals surface area contributed by atoms with E-state index in [1.807, 2.05) is 13.8 Å². The highest BCUT2D eigenvalue weighted by molar-refractivity contribution is 4.37. The molecule has 1 atom stereocenters. The second-order valence-corrected chi connectivity index (χ2v) is 1.83. The summed E-state index contributed by atoms with van der Waals surface area (Å²) in [4.78, 5) is 0. The SMILES string of the molecule is CC(C)OC(C)[NH]. The van der Waals surface area contributed by atoms with Crippen molar-refractivity contribution in [3.63, 3.8) is 0 Å². The standard InChI is InChI=1S/C5H12NO/c1-4(2)7-5(3)6/h4-6H,1-3H3. The van der Waals surface area contributed by atoms with Crippen molar-refractivity contribution in [1.82, 2.24) is 5.73 Å². The number of hydrogen-bond donors (Lipinski definition) is 0. The summed E-state index contributed by atoms with van der Waals surface area (Å²) in [6.07, 6.45) is -0.188. The van der Waals surface area contributed by atoms with Gasteiger partial charge in [0.1, 0.15) is 6.23 Å². The number of hydrogen-bond acceptors (Lipinski definition) is 1. The predicted molar refractivity (Wildman–Crippen MR) is 28.8 cm³/mol. The van der Waals surface area contributed by atoms with Gasteiger partial charge in [-0.25, -0.2) is 5.73 Å². The van der Waals surface area contributed by atoms with E-state index in [1.165, 1.54) is 0 Å². The van der Waals surface area contributed by atoms with E-state index in [9.17, 15) is 0 Å². The Labute approximate surface area is 44.7 Å². The van der Waals surface area contributed by atoms with Crippen molar-refractivity contribution in [1.29, 1.82) is 0 Å². The highest BCUT2D eigenvalue weighted by atomic mass is 16.5. The molecule has 0 fully saturated rings. The lowest BCUT2D eigenvalue weighted by atomic mass is 10.5. The average Bonchev–Trinajstić information content (AvgIpc) is 1.27. The molecule has 2 heteroatoms. The Kier molecular flexibility index (Phi) is 2.96. The predicted octanol–water partition coefficient (Wildman–Crippen LogP) is 1.04. The molecule has 0 aromatic heterocycles. The van der Waals surface area contributed by atoms with Gasteiger partial charge in [-0.2, -0.15) is 0 Å². The smallest absolute Gasteiger partial charge is 0.117 e. The second-order valence-electron chi connectivity index (χ2n) is 1.83. The Morgan fingerprint density at radius 3 is 1.71 bits per heavy atom. The lowest BCUT2D eigenvalue weighted by Gasteiger charge is -2.08. The summed E-state index contributed by atoms with van der Waals surface area (Å²) >= 11 is 0. The van der Waals surface area contributed by atoms with Crippen molar-refractivity contribution in [3.05, 3.63) is 0 Å². The molecule has 43 valence electrons. The van der Waals surface area contributed by atoms with E-state index in [1.54, 1.807) is 6.92 Å². The molecule has 7 heavy (non-hydrogen) atoms. The van der Waals surface area contributed by atoms with E-state index in [4.69, 9.17) is 10.5 Å². The summed E-state index contributed by atoms with van der Waals surface area (Å²) < 4.78 is 4.92. The van der Waals surface area contributed by atoms with Gasteiger partial charge in [-0.05, 0) is 20.8 Å². The lowest BCUT2D eigenvalue weighted by Crippen LogP contribution is -2.14. The maximum absolute atomic E-state index is 6.89. The van der Waals surface area contributed by atoms with Crippen LogP contribution in [-0.4, -0.2) is 12.3 Å². The summed E-state index contributed by atoms with van der Waals surface area (Å²) in [6, 6.07) is 0. The van der Waals surface area contributed by atoms with Gasteiger partial charge in [0, 0.05) is 0 Å². The average molecular weight is 102 g/mol. The van der Waals surface area contributed by atoms with Gasteiger partial charge in [0.05, 0.1) is 6.10 Å². The first-order valence-corrected chi connectivity index (χ1v) is 2.49. The minimum atomic E-state index is -0.375. The van der Waals surface area contributed by atoms with Crippen molar-refractivity contribution in [3.8, 4) is 0 Å². The van der Waals surface area contributed by atoms with Gasteiger partial charge in [0.2, 0.25) is 0 Å². The second kappa shape index (κ2) is 2.99. The van der Waals surface area contributed by atoms with Crippen LogP contribution in [0.5, 0.6) is 0 Å². The molecule has 1 N–H and O–H groups in total. The van der Waals surface area contributed by atoms with Crippen LogP contribution >= 0.6 is 0 Å². The number of rotatable bonds is 2. The first-order chi connectivity index (χ1) is 3.13. The Balaban J connectivity index is 2.95. The van der Waals surface area contributed by atoms with Gasteiger partial charge in [-0.1, -0.05) is 0 Å². The minimum absolute atomic E-state index is 0.187. The number of ether oxygens (including phenoxy) is 1. The Morgan fingerprint density at radius 1 is 1.29 bits per heavy atom. The molecule has 2 nitrogen and oxygen atoms in total. The van der Waals surface area contributed by atoms with Crippen LogP contribution in [0.15, 0.2) is 0 Å². The van der Waals surface area contributed by atoms with Gasteiger partial charge in [-0.3, -0.25) is 0 Å². The van der Waals surface area contributed by atoms with Crippen molar-refractivity contribution in [2.24, 2.45) is 0 Å². The third-order valence-corrected chi connectivity index (χ3v) is 0.476. The molecule has 0 rings (SSSR count). The lowest BCUT2D eigenvalue weighted by molar-refractivity contribution is 0.0185. The molecule has 0 aliphatic rings. The Morgan fingerprint density at radius 2 is 1.71 bits per heavy atom. The quantitative estimate of drug-likeness (QED) is 0.512. The summed E-state index contributed by atoms with van der Waals surface area (Å²) in [5, 5.41) is 0. The maximum atomic E-state index is 6.89. The summed E-state index contributed by atoms with van der Waals surface area (Å²) in [7, 11) is 0. The molecule has 0 saturated heterocycles. The first kappa shape index (κ1) is 6.92. The Bertz CT molecular complexity index is 37.3. The van der Waals surface area contributed by atoms with Crippen LogP contribution in [0.1, 0.15) is 20.8 Å². The van der Waals surface area contributed by atoms with Crippen LogP contribution in [-0.2, 0) is 4.74 Å². The van der Waals surface area contributed by atoms with Crippen LogP contribution < -0.4 is 5.73 Å². The van der Waals surface area contributed by atoms with Crippen molar-refractivity contribution >= 4 is 0 Å². The maximum Gasteiger partial charge on any atom is 0.117 e. The summed E-state index contributed by atoms with van der Waals surface area (Å²) in [5.74, 6) is 0. The van der Waals surface area contributed by atoms with Gasteiger partial charge < -0.3 is 4.74 Å². The molecule has 0 aromatic carbocycles. The molecule has 0 amide bonds. The third kappa shape index (κ3) is 5.92. The molecule has 0 aromatic rings. The van der Waals surface area contributed by atoms with Crippen LogP contribution in [0.3, 0.4) is 0 Å². The molecule has 1 radical (unpaired) electrons. The molecule has 0 spiro atoms.